The zero-order valence-electron chi connectivity index (χ0n) is 11.0. The van der Waals surface area contributed by atoms with E-state index in [2.05, 4.69) is 54.9 Å². The highest BCUT2D eigenvalue weighted by Gasteiger charge is 2.13. The quantitative estimate of drug-likeness (QED) is 0.519. The van der Waals surface area contributed by atoms with Crippen molar-refractivity contribution in [3.8, 4) is 0 Å². The van der Waals surface area contributed by atoms with E-state index in [9.17, 15) is 4.79 Å². The van der Waals surface area contributed by atoms with E-state index in [1.54, 1.807) is 0 Å². The van der Waals surface area contributed by atoms with Gasteiger partial charge in [-0.2, -0.15) is 0 Å². The van der Waals surface area contributed by atoms with Crippen LogP contribution in [0.2, 0.25) is 0 Å². The summed E-state index contributed by atoms with van der Waals surface area (Å²) in [6.45, 7) is 2.04. The molecular weight excluding hydrogens is 463 g/mol. The summed E-state index contributed by atoms with van der Waals surface area (Å²) >= 11 is 7.08. The number of carbonyl (C=O) groups is 1. The van der Waals surface area contributed by atoms with E-state index in [4.69, 9.17) is 0 Å². The lowest BCUT2D eigenvalue weighted by molar-refractivity contribution is 0.102. The van der Waals surface area contributed by atoms with Gasteiger partial charge in [-0.25, -0.2) is 4.98 Å². The molecule has 3 rings (SSSR count). The molecule has 3 nitrogen and oxygen atoms in total. The summed E-state index contributed by atoms with van der Waals surface area (Å²) in [5.74, 6) is -0.156. The highest BCUT2D eigenvalue weighted by molar-refractivity contribution is 14.1. The molecule has 0 bridgehead atoms. The molecule has 0 saturated heterocycles. The number of anilines is 1. The van der Waals surface area contributed by atoms with Gasteiger partial charge in [0.1, 0.15) is 0 Å². The Bertz CT molecular complexity index is 847. The first-order valence-corrected chi connectivity index (χ1v) is 8.85. The third-order valence-electron chi connectivity index (χ3n) is 2.94. The summed E-state index contributed by atoms with van der Waals surface area (Å²) < 4.78 is 2.87. The molecule has 1 N–H and O–H groups in total. The van der Waals surface area contributed by atoms with Crippen molar-refractivity contribution in [3.05, 3.63) is 55.6 Å². The number of rotatable bonds is 2. The van der Waals surface area contributed by atoms with Crippen molar-refractivity contribution in [3.63, 3.8) is 0 Å². The van der Waals surface area contributed by atoms with Gasteiger partial charge in [-0.1, -0.05) is 17.4 Å². The Morgan fingerprint density at radius 1 is 1.29 bits per heavy atom. The van der Waals surface area contributed by atoms with Gasteiger partial charge < -0.3 is 0 Å². The first kappa shape index (κ1) is 14.9. The van der Waals surface area contributed by atoms with E-state index in [-0.39, 0.29) is 5.91 Å². The topological polar surface area (TPSA) is 42.0 Å². The van der Waals surface area contributed by atoms with E-state index in [1.165, 1.54) is 16.9 Å². The van der Waals surface area contributed by atoms with Gasteiger partial charge in [-0.05, 0) is 81.3 Å². The summed E-state index contributed by atoms with van der Waals surface area (Å²) in [6.07, 6.45) is 0. The Kier molecular flexibility index (Phi) is 4.28. The number of halogens is 2. The van der Waals surface area contributed by atoms with Gasteiger partial charge in [0.05, 0.1) is 15.8 Å². The number of aryl methyl sites for hydroxylation is 1. The van der Waals surface area contributed by atoms with Crippen LogP contribution in [-0.4, -0.2) is 10.9 Å². The molecule has 0 saturated carbocycles. The molecule has 0 aliphatic carbocycles. The van der Waals surface area contributed by atoms with Gasteiger partial charge in [0.25, 0.3) is 5.91 Å². The fraction of sp³-hybridized carbons (Fsp3) is 0.0667. The lowest BCUT2D eigenvalue weighted by atomic mass is 10.2. The van der Waals surface area contributed by atoms with Crippen molar-refractivity contribution in [2.75, 3.05) is 5.32 Å². The number of hydrogen-bond acceptors (Lipinski definition) is 3. The van der Waals surface area contributed by atoms with Crippen molar-refractivity contribution in [2.24, 2.45) is 0 Å². The molecule has 0 aliphatic heterocycles. The van der Waals surface area contributed by atoms with Crippen molar-refractivity contribution < 1.29 is 4.79 Å². The average Bonchev–Trinajstić information content (AvgIpc) is 2.82. The molecule has 0 fully saturated rings. The van der Waals surface area contributed by atoms with Crippen LogP contribution in [0.1, 0.15) is 15.9 Å². The predicted octanol–water partition coefficient (Wildman–Crippen LogP) is 5.22. The lowest BCUT2D eigenvalue weighted by Gasteiger charge is -2.04. The summed E-state index contributed by atoms with van der Waals surface area (Å²) in [5, 5.41) is 3.49. The van der Waals surface area contributed by atoms with E-state index < -0.39 is 0 Å². The number of amides is 1. The van der Waals surface area contributed by atoms with Gasteiger partial charge in [0, 0.05) is 8.04 Å². The van der Waals surface area contributed by atoms with Crippen molar-refractivity contribution in [1.82, 2.24) is 4.98 Å². The Morgan fingerprint density at radius 2 is 2.10 bits per heavy atom. The smallest absolute Gasteiger partial charge is 0.258 e. The molecule has 1 heterocycles. The molecule has 0 atom stereocenters. The van der Waals surface area contributed by atoms with Crippen LogP contribution in [0.4, 0.5) is 5.13 Å². The fourth-order valence-electron chi connectivity index (χ4n) is 1.92. The molecule has 2 aromatic carbocycles. The molecule has 6 heteroatoms. The van der Waals surface area contributed by atoms with Crippen LogP contribution < -0.4 is 5.32 Å². The van der Waals surface area contributed by atoms with Crippen molar-refractivity contribution >= 4 is 71.1 Å². The largest absolute Gasteiger partial charge is 0.298 e. The zero-order chi connectivity index (χ0) is 15.0. The van der Waals surface area contributed by atoms with Crippen LogP contribution in [-0.2, 0) is 0 Å². The molecule has 1 aromatic heterocycles. The summed E-state index contributed by atoms with van der Waals surface area (Å²) in [5.41, 5.74) is 2.70. The van der Waals surface area contributed by atoms with E-state index in [0.717, 1.165) is 18.3 Å². The van der Waals surface area contributed by atoms with Gasteiger partial charge in [0.15, 0.2) is 5.13 Å². The fourth-order valence-corrected chi connectivity index (χ4v) is 3.80. The molecule has 0 spiro atoms. The lowest BCUT2D eigenvalue weighted by Crippen LogP contribution is -2.12. The molecule has 1 amide bonds. The minimum atomic E-state index is -0.156. The van der Waals surface area contributed by atoms with Crippen LogP contribution >= 0.6 is 49.9 Å². The molecule has 0 aliphatic rings. The third-order valence-corrected chi connectivity index (χ3v) is 5.23. The molecule has 21 heavy (non-hydrogen) atoms. The van der Waals surface area contributed by atoms with Gasteiger partial charge in [-0.15, -0.1) is 0 Å². The van der Waals surface area contributed by atoms with Crippen LogP contribution in [0.3, 0.4) is 0 Å². The van der Waals surface area contributed by atoms with Gasteiger partial charge >= 0.3 is 0 Å². The number of thiazole rings is 1. The van der Waals surface area contributed by atoms with Gasteiger partial charge in [-0.3, -0.25) is 10.1 Å². The standard InChI is InChI=1S/C15H10BrIN2OS/c1-8-2-5-12-13(6-8)21-15(18-12)19-14(20)10-7-9(17)3-4-11(10)16/h2-7H,1H3,(H,18,19,20). The molecular formula is C15H10BrIN2OS. The first-order chi connectivity index (χ1) is 10.0. The molecule has 106 valence electrons. The highest BCUT2D eigenvalue weighted by Crippen LogP contribution is 2.28. The van der Waals surface area contributed by atoms with Crippen LogP contribution in [0.5, 0.6) is 0 Å². The van der Waals surface area contributed by atoms with Crippen LogP contribution in [0, 0.1) is 10.5 Å². The van der Waals surface area contributed by atoms with Crippen molar-refractivity contribution in [2.45, 2.75) is 6.92 Å². The SMILES string of the molecule is Cc1ccc2nc(NC(=O)c3cc(I)ccc3Br)sc2c1. The Morgan fingerprint density at radius 3 is 2.90 bits per heavy atom. The second-order valence-electron chi connectivity index (χ2n) is 4.57. The summed E-state index contributed by atoms with van der Waals surface area (Å²) in [7, 11) is 0. The summed E-state index contributed by atoms with van der Waals surface area (Å²) in [4.78, 5) is 16.8. The minimum Gasteiger partial charge on any atom is -0.298 e. The Hall–Kier alpha value is -0.990. The normalized spacial score (nSPS) is 10.8. The van der Waals surface area contributed by atoms with E-state index in [1.807, 2.05) is 37.3 Å². The first-order valence-electron chi connectivity index (χ1n) is 6.16. The second kappa shape index (κ2) is 6.02. The summed E-state index contributed by atoms with van der Waals surface area (Å²) in [6, 6.07) is 11.7. The van der Waals surface area contributed by atoms with Crippen LogP contribution in [0.25, 0.3) is 10.2 Å². The molecule has 3 aromatic rings. The van der Waals surface area contributed by atoms with Crippen molar-refractivity contribution in [1.29, 1.82) is 0 Å². The monoisotopic (exact) mass is 472 g/mol. The zero-order valence-corrected chi connectivity index (χ0v) is 15.5. The number of aromatic nitrogens is 1. The number of carbonyl (C=O) groups excluding carboxylic acids is 1. The van der Waals surface area contributed by atoms with E-state index >= 15 is 0 Å². The Labute approximate surface area is 148 Å². The third kappa shape index (κ3) is 3.27. The highest BCUT2D eigenvalue weighted by atomic mass is 127. The predicted molar refractivity (Wildman–Crippen MR) is 99.2 cm³/mol. The van der Waals surface area contributed by atoms with Gasteiger partial charge in [0.2, 0.25) is 0 Å². The minimum absolute atomic E-state index is 0.156. The maximum atomic E-state index is 12.4. The number of hydrogen-bond donors (Lipinski definition) is 1. The number of nitrogens with one attached hydrogen (secondary N) is 1. The number of fused-ring (bicyclic) bond motifs is 1. The maximum absolute atomic E-state index is 12.4. The Balaban J connectivity index is 1.90. The number of nitrogens with zero attached hydrogens (tertiary/aromatic N) is 1. The average molecular weight is 473 g/mol. The van der Waals surface area contributed by atoms with Crippen LogP contribution in [0.15, 0.2) is 40.9 Å². The maximum Gasteiger partial charge on any atom is 0.258 e. The molecule has 0 radical (unpaired) electrons. The number of benzene rings is 2. The second-order valence-corrected chi connectivity index (χ2v) is 7.70. The molecule has 0 unspecified atom stereocenters. The van der Waals surface area contributed by atoms with E-state index in [0.29, 0.717) is 10.7 Å².